The fourth-order valence-corrected chi connectivity index (χ4v) is 3.90. The Labute approximate surface area is 184 Å². The first-order valence-electron chi connectivity index (χ1n) is 10.7. The summed E-state index contributed by atoms with van der Waals surface area (Å²) in [7, 11) is 7.79. The average Bonchev–Trinajstić information content (AvgIpc) is 3.28. The first kappa shape index (κ1) is 21.3. The molecule has 3 aromatic rings. The molecule has 1 saturated heterocycles. The minimum Gasteiger partial charge on any atom is -0.476 e. The number of nitrogens with zero attached hydrogens (tertiary/aromatic N) is 4. The number of fused-ring (bicyclic) bond motifs is 1. The van der Waals surface area contributed by atoms with Crippen LogP contribution in [0.3, 0.4) is 0 Å². The fourth-order valence-electron chi connectivity index (χ4n) is 3.90. The molecule has 0 spiro atoms. The maximum atomic E-state index is 5.66. The number of anilines is 2. The molecule has 1 atom stereocenters. The normalized spacial score (nSPS) is 16.1. The van der Waals surface area contributed by atoms with E-state index in [1.54, 1.807) is 7.11 Å². The number of nitrogens with one attached hydrogen (secondary N) is 1. The predicted molar refractivity (Wildman–Crippen MR) is 126 cm³/mol. The molecular weight excluding hydrogens is 390 g/mol. The Morgan fingerprint density at radius 1 is 1.19 bits per heavy atom. The topological polar surface area (TPSA) is 62.8 Å². The molecule has 0 amide bonds. The third kappa shape index (κ3) is 4.73. The molecule has 1 fully saturated rings. The fraction of sp³-hybridized carbons (Fsp3) is 0.417. The van der Waals surface area contributed by atoms with Crippen LogP contribution in [0.1, 0.15) is 6.42 Å². The minimum atomic E-state index is 0.267. The second kappa shape index (κ2) is 9.49. The van der Waals surface area contributed by atoms with Gasteiger partial charge in [0.25, 0.3) is 0 Å². The van der Waals surface area contributed by atoms with Crippen LogP contribution in [0.15, 0.2) is 42.6 Å². The van der Waals surface area contributed by atoms with Gasteiger partial charge in [-0.15, -0.1) is 0 Å². The molecule has 0 radical (unpaired) electrons. The number of aromatic nitrogens is 2. The maximum absolute atomic E-state index is 5.66. The lowest BCUT2D eigenvalue weighted by molar-refractivity contribution is 0.121. The van der Waals surface area contributed by atoms with E-state index in [-0.39, 0.29) is 6.10 Å². The van der Waals surface area contributed by atoms with Gasteiger partial charge in [0.15, 0.2) is 0 Å². The number of methoxy groups -OCH3 is 1. The molecule has 7 heteroatoms. The van der Waals surface area contributed by atoms with Gasteiger partial charge in [0.2, 0.25) is 5.88 Å². The van der Waals surface area contributed by atoms with Crippen molar-refractivity contribution in [1.82, 2.24) is 15.3 Å². The van der Waals surface area contributed by atoms with E-state index in [1.165, 1.54) is 5.69 Å². The van der Waals surface area contributed by atoms with E-state index in [1.807, 2.05) is 39.5 Å². The summed E-state index contributed by atoms with van der Waals surface area (Å²) in [6.07, 6.45) is 3.14. The van der Waals surface area contributed by atoms with Gasteiger partial charge in [-0.05, 0) is 43.8 Å². The number of hydrogen-bond acceptors (Lipinski definition) is 7. The van der Waals surface area contributed by atoms with Gasteiger partial charge in [0.1, 0.15) is 6.61 Å². The monoisotopic (exact) mass is 421 g/mol. The zero-order valence-electron chi connectivity index (χ0n) is 18.8. The number of likely N-dealkylation sites (N-methyl/N-ethyl adjacent to an activating group) is 1. The highest BCUT2D eigenvalue weighted by atomic mass is 16.5. The Morgan fingerprint density at radius 3 is 2.74 bits per heavy atom. The second-order valence-corrected chi connectivity index (χ2v) is 8.05. The Balaban J connectivity index is 1.72. The SMILES string of the molecule is CNCCOc1ccc(-c2cc(N3CCC(OC)C3)c3ccc(N(C)C)cc3n2)cn1. The Hall–Kier alpha value is -2.90. The summed E-state index contributed by atoms with van der Waals surface area (Å²) in [5.74, 6) is 0.623. The van der Waals surface area contributed by atoms with Crippen molar-refractivity contribution in [2.45, 2.75) is 12.5 Å². The van der Waals surface area contributed by atoms with Crippen LogP contribution in [0.2, 0.25) is 0 Å². The molecule has 4 rings (SSSR count). The zero-order chi connectivity index (χ0) is 21.8. The smallest absolute Gasteiger partial charge is 0.213 e. The van der Waals surface area contributed by atoms with Gasteiger partial charge in [-0.3, -0.25) is 0 Å². The summed E-state index contributed by atoms with van der Waals surface area (Å²) < 4.78 is 11.3. The number of ether oxygens (including phenoxy) is 2. The summed E-state index contributed by atoms with van der Waals surface area (Å²) in [4.78, 5) is 14.0. The molecular formula is C24H31N5O2. The summed E-state index contributed by atoms with van der Waals surface area (Å²) >= 11 is 0. The molecule has 1 aromatic carbocycles. The molecule has 3 heterocycles. The standard InChI is InChI=1S/C24H31N5O2/c1-25-10-12-31-24-8-5-17(15-26-24)21-14-23(29-11-9-19(16-29)30-4)20-7-6-18(28(2)3)13-22(20)27-21/h5-8,13-15,19,25H,9-12,16H2,1-4H3. The van der Waals surface area contributed by atoms with Crippen LogP contribution in [0.5, 0.6) is 5.88 Å². The van der Waals surface area contributed by atoms with Crippen LogP contribution in [0, 0.1) is 0 Å². The highest BCUT2D eigenvalue weighted by Gasteiger charge is 2.24. The van der Waals surface area contributed by atoms with Crippen LogP contribution in [0.25, 0.3) is 22.2 Å². The van der Waals surface area contributed by atoms with Gasteiger partial charge in [0.05, 0.1) is 17.3 Å². The number of hydrogen-bond donors (Lipinski definition) is 1. The van der Waals surface area contributed by atoms with E-state index < -0.39 is 0 Å². The largest absolute Gasteiger partial charge is 0.476 e. The lowest BCUT2D eigenvalue weighted by Crippen LogP contribution is -2.22. The molecule has 1 aliphatic rings. The number of pyridine rings is 2. The average molecular weight is 422 g/mol. The summed E-state index contributed by atoms with van der Waals surface area (Å²) in [6, 6.07) is 12.6. The highest BCUT2D eigenvalue weighted by molar-refractivity contribution is 5.96. The van der Waals surface area contributed by atoms with Crippen molar-refractivity contribution in [1.29, 1.82) is 0 Å². The van der Waals surface area contributed by atoms with E-state index in [9.17, 15) is 0 Å². The molecule has 1 aliphatic heterocycles. The first-order valence-corrected chi connectivity index (χ1v) is 10.7. The molecule has 2 aromatic heterocycles. The van der Waals surface area contributed by atoms with Crippen molar-refractivity contribution >= 4 is 22.3 Å². The predicted octanol–water partition coefficient (Wildman–Crippen LogP) is 3.19. The Bertz CT molecular complexity index is 1020. The molecule has 31 heavy (non-hydrogen) atoms. The molecule has 0 aliphatic carbocycles. The van der Waals surface area contributed by atoms with E-state index in [4.69, 9.17) is 14.5 Å². The molecule has 164 valence electrons. The first-order chi connectivity index (χ1) is 15.1. The molecule has 0 saturated carbocycles. The van der Waals surface area contributed by atoms with Gasteiger partial charge in [-0.25, -0.2) is 9.97 Å². The van der Waals surface area contributed by atoms with Crippen molar-refractivity contribution in [3.63, 3.8) is 0 Å². The van der Waals surface area contributed by atoms with Crippen LogP contribution in [-0.2, 0) is 4.74 Å². The minimum absolute atomic E-state index is 0.267. The highest BCUT2D eigenvalue weighted by Crippen LogP contribution is 2.34. The van der Waals surface area contributed by atoms with Gasteiger partial charge in [-0.1, -0.05) is 0 Å². The van der Waals surface area contributed by atoms with Gasteiger partial charge in [0, 0.05) is 75.4 Å². The summed E-state index contributed by atoms with van der Waals surface area (Å²) in [6.45, 7) is 3.24. The molecule has 7 nitrogen and oxygen atoms in total. The molecule has 1 unspecified atom stereocenters. The van der Waals surface area contributed by atoms with Crippen LogP contribution >= 0.6 is 0 Å². The maximum Gasteiger partial charge on any atom is 0.213 e. The third-order valence-corrected chi connectivity index (χ3v) is 5.74. The van der Waals surface area contributed by atoms with Crippen LogP contribution in [0.4, 0.5) is 11.4 Å². The zero-order valence-corrected chi connectivity index (χ0v) is 18.8. The Kier molecular flexibility index (Phi) is 6.53. The van der Waals surface area contributed by atoms with Gasteiger partial charge < -0.3 is 24.6 Å². The van der Waals surface area contributed by atoms with Crippen molar-refractivity contribution < 1.29 is 9.47 Å². The van der Waals surface area contributed by atoms with Crippen molar-refractivity contribution in [2.24, 2.45) is 0 Å². The van der Waals surface area contributed by atoms with E-state index in [2.05, 4.69) is 44.4 Å². The number of rotatable bonds is 8. The van der Waals surface area contributed by atoms with E-state index in [0.717, 1.165) is 53.9 Å². The summed E-state index contributed by atoms with van der Waals surface area (Å²) in [5, 5.41) is 4.22. The van der Waals surface area contributed by atoms with E-state index in [0.29, 0.717) is 12.5 Å². The molecule has 0 bridgehead atoms. The molecule has 1 N–H and O–H groups in total. The Morgan fingerprint density at radius 2 is 2.06 bits per heavy atom. The quantitative estimate of drug-likeness (QED) is 0.561. The van der Waals surface area contributed by atoms with Gasteiger partial charge >= 0.3 is 0 Å². The lowest BCUT2D eigenvalue weighted by Gasteiger charge is -2.22. The van der Waals surface area contributed by atoms with Crippen molar-refractivity contribution in [3.8, 4) is 17.1 Å². The number of benzene rings is 1. The van der Waals surface area contributed by atoms with E-state index >= 15 is 0 Å². The van der Waals surface area contributed by atoms with Crippen molar-refractivity contribution in [2.75, 3.05) is 64.3 Å². The second-order valence-electron chi connectivity index (χ2n) is 8.05. The third-order valence-electron chi connectivity index (χ3n) is 5.74. The lowest BCUT2D eigenvalue weighted by atomic mass is 10.1. The van der Waals surface area contributed by atoms with Gasteiger partial charge in [-0.2, -0.15) is 0 Å². The van der Waals surface area contributed by atoms with Crippen LogP contribution in [-0.4, -0.2) is 70.6 Å². The van der Waals surface area contributed by atoms with Crippen LogP contribution < -0.4 is 19.9 Å². The summed E-state index contributed by atoms with van der Waals surface area (Å²) in [5.41, 5.74) is 5.19. The van der Waals surface area contributed by atoms with Crippen molar-refractivity contribution in [3.05, 3.63) is 42.6 Å².